The maximum Gasteiger partial charge on any atom is 0.408 e. The Bertz CT molecular complexity index is 1480. The average Bonchev–Trinajstić information content (AvgIpc) is 3.64. The molecule has 3 aromatic carbocycles. The van der Waals surface area contributed by atoms with E-state index in [0.29, 0.717) is 56.7 Å². The van der Waals surface area contributed by atoms with E-state index in [-0.39, 0.29) is 30.4 Å². The van der Waals surface area contributed by atoms with Crippen molar-refractivity contribution in [2.24, 2.45) is 11.8 Å². The highest BCUT2D eigenvalue weighted by Crippen LogP contribution is 2.31. The average molecular weight is 640 g/mol. The summed E-state index contributed by atoms with van der Waals surface area (Å²) in [7, 11) is 0. The minimum atomic E-state index is -0.380. The highest BCUT2D eigenvalue weighted by Gasteiger charge is 2.37. The molecule has 9 heteroatoms. The van der Waals surface area contributed by atoms with Gasteiger partial charge in [-0.3, -0.25) is 9.69 Å². The molecule has 5 saturated heterocycles. The van der Waals surface area contributed by atoms with Crippen molar-refractivity contribution >= 4 is 12.0 Å². The number of nitrogens with zero attached hydrogens (tertiary/aromatic N) is 2. The number of benzene rings is 3. The molecule has 2 atom stereocenters. The van der Waals surface area contributed by atoms with Crippen LogP contribution in [0.4, 0.5) is 4.79 Å². The Morgan fingerprint density at radius 2 is 1.55 bits per heavy atom. The molecule has 3 aromatic rings. The molecule has 2 unspecified atom stereocenters. The number of fused-ring (bicyclic) bond motifs is 3. The van der Waals surface area contributed by atoms with E-state index in [1.807, 2.05) is 83.8 Å². The molecule has 8 rings (SSSR count). The molecule has 0 aliphatic carbocycles. The van der Waals surface area contributed by atoms with E-state index in [1.54, 1.807) is 0 Å². The summed E-state index contributed by atoms with van der Waals surface area (Å²) in [5.41, 5.74) is 3.74. The fourth-order valence-electron chi connectivity index (χ4n) is 7.32. The number of alkyl carbamates (subject to hydrolysis) is 1. The van der Waals surface area contributed by atoms with E-state index in [9.17, 15) is 9.59 Å². The number of ether oxygens (including phenoxy) is 4. The summed E-state index contributed by atoms with van der Waals surface area (Å²) < 4.78 is 23.4. The first-order chi connectivity index (χ1) is 23.1. The Balaban J connectivity index is 0.918. The Morgan fingerprint density at radius 3 is 2.26 bits per heavy atom. The number of amides is 2. The van der Waals surface area contributed by atoms with Crippen LogP contribution < -0.4 is 10.1 Å². The second kappa shape index (κ2) is 14.9. The van der Waals surface area contributed by atoms with Crippen LogP contribution in [0.25, 0.3) is 0 Å². The van der Waals surface area contributed by atoms with Crippen molar-refractivity contribution in [2.45, 2.75) is 50.5 Å². The van der Waals surface area contributed by atoms with Crippen LogP contribution in [0.3, 0.4) is 0 Å². The van der Waals surface area contributed by atoms with Crippen LogP contribution >= 0.6 is 0 Å². The lowest BCUT2D eigenvalue weighted by Gasteiger charge is -2.43. The zero-order chi connectivity index (χ0) is 32.0. The van der Waals surface area contributed by atoms with Crippen LogP contribution in [-0.4, -0.2) is 86.7 Å². The van der Waals surface area contributed by atoms with Crippen LogP contribution in [0.15, 0.2) is 78.9 Å². The molecule has 2 bridgehead atoms. The summed E-state index contributed by atoms with van der Waals surface area (Å²) in [5, 5.41) is 3.15. The third-order valence-corrected chi connectivity index (χ3v) is 10.1. The van der Waals surface area contributed by atoms with Crippen LogP contribution in [0.5, 0.6) is 5.75 Å². The van der Waals surface area contributed by atoms with Gasteiger partial charge in [-0.05, 0) is 91.6 Å². The van der Waals surface area contributed by atoms with Gasteiger partial charge in [-0.1, -0.05) is 54.6 Å². The van der Waals surface area contributed by atoms with E-state index in [4.69, 9.17) is 18.9 Å². The van der Waals surface area contributed by atoms with Crippen LogP contribution in [0, 0.1) is 11.8 Å². The molecule has 5 aliphatic heterocycles. The van der Waals surface area contributed by atoms with Gasteiger partial charge < -0.3 is 29.2 Å². The van der Waals surface area contributed by atoms with Gasteiger partial charge in [-0.15, -0.1) is 0 Å². The number of rotatable bonds is 10. The van der Waals surface area contributed by atoms with Gasteiger partial charge in [0.2, 0.25) is 0 Å². The van der Waals surface area contributed by atoms with Gasteiger partial charge in [0.1, 0.15) is 11.9 Å². The van der Waals surface area contributed by atoms with Crippen molar-refractivity contribution in [3.8, 4) is 5.75 Å². The zero-order valence-electron chi connectivity index (χ0n) is 26.9. The number of hydrogen-bond donors (Lipinski definition) is 1. The maximum absolute atomic E-state index is 13.2. The Morgan fingerprint density at radius 1 is 0.830 bits per heavy atom. The Hall–Kier alpha value is -3.92. The molecule has 2 amide bonds. The van der Waals surface area contributed by atoms with Crippen molar-refractivity contribution < 1.29 is 28.5 Å². The van der Waals surface area contributed by atoms with Crippen molar-refractivity contribution in [3.05, 3.63) is 101 Å². The topological polar surface area (TPSA) is 89.6 Å². The Kier molecular flexibility index (Phi) is 10.0. The Labute approximate surface area is 277 Å². The third-order valence-electron chi connectivity index (χ3n) is 10.1. The summed E-state index contributed by atoms with van der Waals surface area (Å²) in [5.74, 6) is 1.65. The summed E-state index contributed by atoms with van der Waals surface area (Å²) in [6, 6.07) is 25.4. The van der Waals surface area contributed by atoms with Crippen molar-refractivity contribution in [2.75, 3.05) is 52.5 Å². The summed E-state index contributed by atoms with van der Waals surface area (Å²) >= 11 is 0. The monoisotopic (exact) mass is 639 g/mol. The van der Waals surface area contributed by atoms with Gasteiger partial charge in [-0.25, -0.2) is 4.79 Å². The van der Waals surface area contributed by atoms with E-state index in [0.717, 1.165) is 67.8 Å². The van der Waals surface area contributed by atoms with Gasteiger partial charge >= 0.3 is 6.09 Å². The van der Waals surface area contributed by atoms with Gasteiger partial charge in [0.25, 0.3) is 5.91 Å². The molecular formula is C38H45N3O6. The van der Waals surface area contributed by atoms with Gasteiger partial charge in [-0.2, -0.15) is 0 Å². The summed E-state index contributed by atoms with van der Waals surface area (Å²) in [4.78, 5) is 30.7. The highest BCUT2D eigenvalue weighted by atomic mass is 16.7. The maximum atomic E-state index is 13.2. The number of nitrogens with one attached hydrogen (secondary N) is 1. The number of carbonyl (C=O) groups is 2. The molecule has 1 N–H and O–H groups in total. The fraction of sp³-hybridized carbons (Fsp3) is 0.474. The second-order valence-corrected chi connectivity index (χ2v) is 13.3. The van der Waals surface area contributed by atoms with E-state index in [1.165, 1.54) is 0 Å². The molecular weight excluding hydrogens is 594 g/mol. The lowest BCUT2D eigenvalue weighted by atomic mass is 9.86. The molecule has 5 aliphatic rings. The van der Waals surface area contributed by atoms with Crippen LogP contribution in [0.2, 0.25) is 0 Å². The van der Waals surface area contributed by atoms with Gasteiger partial charge in [0, 0.05) is 31.6 Å². The predicted molar refractivity (Wildman–Crippen MR) is 177 cm³/mol. The molecule has 5 fully saturated rings. The normalized spacial score (nSPS) is 23.7. The molecule has 248 valence electrons. The van der Waals surface area contributed by atoms with Crippen molar-refractivity contribution in [1.29, 1.82) is 0 Å². The first-order valence-electron chi connectivity index (χ1n) is 17.2. The predicted octanol–water partition coefficient (Wildman–Crippen LogP) is 5.44. The SMILES string of the molecule is O=C(NC(c1ccccc1)c1cccc(OCC2CCN(C(=O)c3ccc(CC4OCCO4)cc3)CC2)c1)OC1CN2CCC1CC2. The minimum Gasteiger partial charge on any atom is -0.493 e. The smallest absolute Gasteiger partial charge is 0.408 e. The first kappa shape index (κ1) is 31.7. The van der Waals surface area contributed by atoms with E-state index < -0.39 is 0 Å². The largest absolute Gasteiger partial charge is 0.493 e. The summed E-state index contributed by atoms with van der Waals surface area (Å²) in [6.07, 6.45) is 4.03. The quantitative estimate of drug-likeness (QED) is 0.316. The number of carbonyl (C=O) groups excluding carboxylic acids is 2. The highest BCUT2D eigenvalue weighted by molar-refractivity contribution is 5.94. The number of likely N-dealkylation sites (tertiary alicyclic amines) is 1. The third kappa shape index (κ3) is 7.97. The minimum absolute atomic E-state index is 0.0526. The van der Waals surface area contributed by atoms with Gasteiger partial charge in [0.05, 0.1) is 25.9 Å². The number of hydrogen-bond acceptors (Lipinski definition) is 7. The second-order valence-electron chi connectivity index (χ2n) is 13.3. The van der Waals surface area contributed by atoms with Crippen LogP contribution in [-0.2, 0) is 20.6 Å². The molecule has 0 aromatic heterocycles. The van der Waals surface area contributed by atoms with E-state index in [2.05, 4.69) is 10.2 Å². The standard InChI is InChI=1S/C38H45N3O6/c42-37(31-11-9-27(10-12-31)23-35-44-21-22-45-35)41-19-13-28(14-20-41)26-46-33-8-4-7-32(24-33)36(30-5-2-1-3-6-30)39-38(43)47-34-25-40-17-15-29(34)16-18-40/h1-12,24,28-29,34-36H,13-23,25-26H2,(H,39,43). The number of piperidine rings is 4. The van der Waals surface area contributed by atoms with Crippen molar-refractivity contribution in [1.82, 2.24) is 15.1 Å². The molecule has 0 spiro atoms. The zero-order valence-corrected chi connectivity index (χ0v) is 26.9. The molecule has 0 saturated carbocycles. The lowest BCUT2D eigenvalue weighted by Crippen LogP contribution is -2.52. The molecule has 5 heterocycles. The fourth-order valence-corrected chi connectivity index (χ4v) is 7.32. The first-order valence-corrected chi connectivity index (χ1v) is 17.2. The molecule has 0 radical (unpaired) electrons. The van der Waals surface area contributed by atoms with Crippen molar-refractivity contribution in [3.63, 3.8) is 0 Å². The summed E-state index contributed by atoms with van der Waals surface area (Å²) in [6.45, 7) is 6.30. The van der Waals surface area contributed by atoms with Gasteiger partial charge in [0.15, 0.2) is 6.29 Å². The van der Waals surface area contributed by atoms with E-state index >= 15 is 0 Å². The molecule has 9 nitrogen and oxygen atoms in total. The lowest BCUT2D eigenvalue weighted by molar-refractivity contribution is -0.0400. The van der Waals surface area contributed by atoms with Crippen LogP contribution in [0.1, 0.15) is 58.8 Å². The molecule has 47 heavy (non-hydrogen) atoms.